The van der Waals surface area contributed by atoms with Crippen molar-refractivity contribution in [3.63, 3.8) is 0 Å². The summed E-state index contributed by atoms with van der Waals surface area (Å²) in [5.74, 6) is 0.749. The lowest BCUT2D eigenvalue weighted by atomic mass is 10.1. The van der Waals surface area contributed by atoms with E-state index in [4.69, 9.17) is 5.26 Å². The van der Waals surface area contributed by atoms with E-state index < -0.39 is 0 Å². The summed E-state index contributed by atoms with van der Waals surface area (Å²) in [5, 5.41) is 12.0. The monoisotopic (exact) mass is 202 g/mol. The molecular weight excluding hydrogens is 184 g/mol. The van der Waals surface area contributed by atoms with Gasteiger partial charge in [-0.25, -0.2) is 0 Å². The van der Waals surface area contributed by atoms with Crippen LogP contribution in [0.2, 0.25) is 0 Å². The first-order valence-corrected chi connectivity index (χ1v) is 5.42. The first kappa shape index (κ1) is 11.7. The third-order valence-corrected chi connectivity index (χ3v) is 2.31. The number of nitrogens with one attached hydrogen (secondary N) is 1. The van der Waals surface area contributed by atoms with Crippen LogP contribution in [0.25, 0.3) is 0 Å². The molecule has 0 aliphatic heterocycles. The Bertz CT molecular complexity index is 319. The van der Waals surface area contributed by atoms with E-state index in [0.717, 1.165) is 24.6 Å². The van der Waals surface area contributed by atoms with Gasteiger partial charge in [0, 0.05) is 6.54 Å². The van der Waals surface area contributed by atoms with Crippen LogP contribution in [0.5, 0.6) is 0 Å². The van der Waals surface area contributed by atoms with Gasteiger partial charge in [0.05, 0.1) is 11.6 Å². The fourth-order valence-electron chi connectivity index (χ4n) is 1.32. The molecule has 1 aromatic carbocycles. The number of rotatable bonds is 5. The number of hydrogen-bond acceptors (Lipinski definition) is 2. The summed E-state index contributed by atoms with van der Waals surface area (Å²) in [5.41, 5.74) is 1.96. The van der Waals surface area contributed by atoms with Crippen molar-refractivity contribution >= 4 is 0 Å². The maximum Gasteiger partial charge on any atom is 0.0991 e. The van der Waals surface area contributed by atoms with Crippen LogP contribution in [0.4, 0.5) is 0 Å². The van der Waals surface area contributed by atoms with Gasteiger partial charge in [0.2, 0.25) is 0 Å². The molecule has 1 N–H and O–H groups in total. The zero-order valence-electron chi connectivity index (χ0n) is 9.46. The molecule has 0 bridgehead atoms. The Morgan fingerprint density at radius 3 is 2.47 bits per heavy atom. The second-order valence-electron chi connectivity index (χ2n) is 4.17. The Morgan fingerprint density at radius 2 is 1.93 bits per heavy atom. The van der Waals surface area contributed by atoms with E-state index >= 15 is 0 Å². The van der Waals surface area contributed by atoms with Gasteiger partial charge < -0.3 is 5.32 Å². The normalized spacial score (nSPS) is 10.3. The fourth-order valence-corrected chi connectivity index (χ4v) is 1.32. The molecule has 0 saturated carbocycles. The Balaban J connectivity index is 2.29. The molecular formula is C13H18N2. The maximum absolute atomic E-state index is 8.64. The van der Waals surface area contributed by atoms with Crippen molar-refractivity contribution in [1.29, 1.82) is 5.26 Å². The lowest BCUT2D eigenvalue weighted by molar-refractivity contribution is 0.537. The molecule has 2 heteroatoms. The summed E-state index contributed by atoms with van der Waals surface area (Å²) in [4.78, 5) is 0. The van der Waals surface area contributed by atoms with Crippen molar-refractivity contribution in [2.24, 2.45) is 5.92 Å². The van der Waals surface area contributed by atoms with Crippen LogP contribution in [0.1, 0.15) is 31.4 Å². The molecule has 0 aromatic heterocycles. The fraction of sp³-hybridized carbons (Fsp3) is 0.462. The topological polar surface area (TPSA) is 35.8 Å². The quantitative estimate of drug-likeness (QED) is 0.745. The molecule has 1 aromatic rings. The van der Waals surface area contributed by atoms with Gasteiger partial charge >= 0.3 is 0 Å². The minimum atomic E-state index is 0.723. The van der Waals surface area contributed by atoms with Crippen molar-refractivity contribution in [2.75, 3.05) is 6.54 Å². The van der Waals surface area contributed by atoms with Crippen molar-refractivity contribution in [3.05, 3.63) is 35.4 Å². The molecule has 0 radical (unpaired) electrons. The van der Waals surface area contributed by atoms with Crippen LogP contribution in [0.15, 0.2) is 24.3 Å². The van der Waals surface area contributed by atoms with Gasteiger partial charge in [-0.15, -0.1) is 0 Å². The number of nitriles is 1. The number of nitrogens with zero attached hydrogens (tertiary/aromatic N) is 1. The highest BCUT2D eigenvalue weighted by Gasteiger charge is 1.95. The smallest absolute Gasteiger partial charge is 0.0991 e. The largest absolute Gasteiger partial charge is 0.313 e. The molecule has 0 aliphatic rings. The second kappa shape index (κ2) is 6.21. The second-order valence-corrected chi connectivity index (χ2v) is 4.17. The highest BCUT2D eigenvalue weighted by atomic mass is 14.8. The molecule has 0 heterocycles. The van der Waals surface area contributed by atoms with Gasteiger partial charge in [0.15, 0.2) is 0 Å². The summed E-state index contributed by atoms with van der Waals surface area (Å²) in [6.07, 6.45) is 1.20. The van der Waals surface area contributed by atoms with E-state index in [9.17, 15) is 0 Å². The molecule has 0 unspecified atom stereocenters. The number of hydrogen-bond donors (Lipinski definition) is 1. The average molecular weight is 202 g/mol. The van der Waals surface area contributed by atoms with E-state index in [1.54, 1.807) is 0 Å². The zero-order valence-corrected chi connectivity index (χ0v) is 9.46. The van der Waals surface area contributed by atoms with Gasteiger partial charge in [-0.3, -0.25) is 0 Å². The summed E-state index contributed by atoms with van der Waals surface area (Å²) < 4.78 is 0. The molecule has 0 spiro atoms. The van der Waals surface area contributed by atoms with E-state index in [2.05, 4.69) is 25.2 Å². The first-order valence-electron chi connectivity index (χ1n) is 5.42. The summed E-state index contributed by atoms with van der Waals surface area (Å²) in [7, 11) is 0. The lowest BCUT2D eigenvalue weighted by Gasteiger charge is -2.06. The molecule has 0 fully saturated rings. The van der Waals surface area contributed by atoms with E-state index in [1.807, 2.05) is 24.3 Å². The molecule has 15 heavy (non-hydrogen) atoms. The molecule has 80 valence electrons. The minimum Gasteiger partial charge on any atom is -0.313 e. The van der Waals surface area contributed by atoms with Crippen LogP contribution in [-0.4, -0.2) is 6.54 Å². The van der Waals surface area contributed by atoms with Crippen LogP contribution >= 0.6 is 0 Å². The predicted octanol–water partition coefficient (Wildman–Crippen LogP) is 2.69. The van der Waals surface area contributed by atoms with Crippen LogP contribution in [-0.2, 0) is 6.54 Å². The van der Waals surface area contributed by atoms with Crippen molar-refractivity contribution in [2.45, 2.75) is 26.8 Å². The van der Waals surface area contributed by atoms with Gasteiger partial charge in [-0.1, -0.05) is 26.0 Å². The predicted molar refractivity (Wildman–Crippen MR) is 62.3 cm³/mol. The average Bonchev–Trinajstić information content (AvgIpc) is 2.25. The van der Waals surface area contributed by atoms with E-state index in [1.165, 1.54) is 12.0 Å². The molecule has 0 aliphatic carbocycles. The van der Waals surface area contributed by atoms with Gasteiger partial charge in [0.25, 0.3) is 0 Å². The lowest BCUT2D eigenvalue weighted by Crippen LogP contribution is -2.16. The molecule has 0 amide bonds. The van der Waals surface area contributed by atoms with Crippen LogP contribution < -0.4 is 5.32 Å². The molecule has 0 saturated heterocycles. The summed E-state index contributed by atoms with van der Waals surface area (Å²) in [6.45, 7) is 6.39. The Hall–Kier alpha value is -1.33. The Labute approximate surface area is 91.9 Å². The standard InChI is InChI=1S/C13H18N2/c1-11(2)7-8-15-10-13-5-3-12(9-14)4-6-13/h3-6,11,15H,7-8,10H2,1-2H3. The van der Waals surface area contributed by atoms with Crippen molar-refractivity contribution < 1.29 is 0 Å². The van der Waals surface area contributed by atoms with Crippen molar-refractivity contribution in [3.8, 4) is 6.07 Å². The highest BCUT2D eigenvalue weighted by molar-refractivity contribution is 5.31. The van der Waals surface area contributed by atoms with Crippen molar-refractivity contribution in [1.82, 2.24) is 5.32 Å². The summed E-state index contributed by atoms with van der Waals surface area (Å²) in [6, 6.07) is 9.84. The molecule has 0 atom stereocenters. The van der Waals surface area contributed by atoms with Gasteiger partial charge in [-0.05, 0) is 36.6 Å². The van der Waals surface area contributed by atoms with Crippen LogP contribution in [0, 0.1) is 17.2 Å². The van der Waals surface area contributed by atoms with Gasteiger partial charge in [-0.2, -0.15) is 5.26 Å². The molecule has 1 rings (SSSR count). The Morgan fingerprint density at radius 1 is 1.27 bits per heavy atom. The zero-order chi connectivity index (χ0) is 11.1. The SMILES string of the molecule is CC(C)CCNCc1ccc(C#N)cc1. The minimum absolute atomic E-state index is 0.723. The third kappa shape index (κ3) is 4.62. The molecule has 2 nitrogen and oxygen atoms in total. The number of benzene rings is 1. The van der Waals surface area contributed by atoms with E-state index in [0.29, 0.717) is 0 Å². The first-order chi connectivity index (χ1) is 7.22. The third-order valence-electron chi connectivity index (χ3n) is 2.31. The van der Waals surface area contributed by atoms with Gasteiger partial charge in [0.1, 0.15) is 0 Å². The Kier molecular flexibility index (Phi) is 4.86. The maximum atomic E-state index is 8.64. The van der Waals surface area contributed by atoms with Crippen LogP contribution in [0.3, 0.4) is 0 Å². The summed E-state index contributed by atoms with van der Waals surface area (Å²) >= 11 is 0. The van der Waals surface area contributed by atoms with E-state index in [-0.39, 0.29) is 0 Å². The highest BCUT2D eigenvalue weighted by Crippen LogP contribution is 2.03.